The van der Waals surface area contributed by atoms with Gasteiger partial charge in [0.15, 0.2) is 6.61 Å². The van der Waals surface area contributed by atoms with E-state index in [-0.39, 0.29) is 12.3 Å². The van der Waals surface area contributed by atoms with Gasteiger partial charge in [-0.05, 0) is 17.2 Å². The van der Waals surface area contributed by atoms with Crippen LogP contribution in [0.25, 0.3) is 11.1 Å². The van der Waals surface area contributed by atoms with E-state index in [2.05, 4.69) is 10.6 Å². The summed E-state index contributed by atoms with van der Waals surface area (Å²) in [6, 6.07) is 25.7. The zero-order chi connectivity index (χ0) is 22.1. The van der Waals surface area contributed by atoms with Gasteiger partial charge in [0, 0.05) is 18.2 Å². The summed E-state index contributed by atoms with van der Waals surface area (Å²) >= 11 is 0. The van der Waals surface area contributed by atoms with Gasteiger partial charge in [0.05, 0.1) is 12.5 Å². The van der Waals surface area contributed by atoms with Crippen LogP contribution < -0.4 is 10.6 Å². The van der Waals surface area contributed by atoms with Crippen molar-refractivity contribution in [3.8, 4) is 11.1 Å². The Balaban J connectivity index is 1.58. The molecular formula is C25H24N2O4. The molecular weight excluding hydrogens is 392 g/mol. The van der Waals surface area contributed by atoms with E-state index >= 15 is 0 Å². The Kier molecular flexibility index (Phi) is 7.54. The number of hydrogen-bond acceptors (Lipinski definition) is 4. The molecule has 2 N–H and O–H groups in total. The first-order valence-electron chi connectivity index (χ1n) is 9.95. The van der Waals surface area contributed by atoms with Gasteiger partial charge in [-0.3, -0.25) is 14.4 Å². The fourth-order valence-electron chi connectivity index (χ4n) is 3.20. The van der Waals surface area contributed by atoms with E-state index < -0.39 is 24.5 Å². The number of para-hydroxylation sites is 1. The van der Waals surface area contributed by atoms with Crippen molar-refractivity contribution in [1.82, 2.24) is 5.32 Å². The molecule has 158 valence electrons. The third kappa shape index (κ3) is 6.54. The number of amides is 2. The number of carbonyl (C=O) groups is 3. The van der Waals surface area contributed by atoms with Crippen molar-refractivity contribution in [2.75, 3.05) is 11.9 Å². The van der Waals surface area contributed by atoms with Crippen LogP contribution in [0.15, 0.2) is 84.9 Å². The molecule has 0 aliphatic rings. The SMILES string of the molecule is CC(=O)NC(CC(=O)OCC(=O)Nc1ccccc1-c1ccccc1)c1ccccc1. The highest BCUT2D eigenvalue weighted by atomic mass is 16.5. The summed E-state index contributed by atoms with van der Waals surface area (Å²) in [7, 11) is 0. The molecule has 3 aromatic rings. The van der Waals surface area contributed by atoms with Gasteiger partial charge in [-0.15, -0.1) is 0 Å². The molecule has 1 atom stereocenters. The summed E-state index contributed by atoms with van der Waals surface area (Å²) in [6.07, 6.45) is -0.0719. The van der Waals surface area contributed by atoms with Crippen LogP contribution in [0.3, 0.4) is 0 Å². The van der Waals surface area contributed by atoms with Crippen molar-refractivity contribution in [2.45, 2.75) is 19.4 Å². The highest BCUT2D eigenvalue weighted by Gasteiger charge is 2.19. The second-order valence-electron chi connectivity index (χ2n) is 6.99. The molecule has 2 amide bonds. The molecule has 3 aromatic carbocycles. The topological polar surface area (TPSA) is 84.5 Å². The summed E-state index contributed by atoms with van der Waals surface area (Å²) in [5.74, 6) is -1.27. The van der Waals surface area contributed by atoms with Crippen LogP contribution in [0, 0.1) is 0 Å². The lowest BCUT2D eigenvalue weighted by Gasteiger charge is -2.17. The first-order valence-corrected chi connectivity index (χ1v) is 9.95. The fraction of sp³-hybridized carbons (Fsp3) is 0.160. The maximum Gasteiger partial charge on any atom is 0.308 e. The molecule has 6 heteroatoms. The van der Waals surface area contributed by atoms with Crippen LogP contribution in [0.4, 0.5) is 5.69 Å². The minimum Gasteiger partial charge on any atom is -0.455 e. The zero-order valence-electron chi connectivity index (χ0n) is 17.2. The summed E-state index contributed by atoms with van der Waals surface area (Å²) < 4.78 is 5.15. The van der Waals surface area contributed by atoms with E-state index in [1.165, 1.54) is 6.92 Å². The van der Waals surface area contributed by atoms with Gasteiger partial charge < -0.3 is 15.4 Å². The van der Waals surface area contributed by atoms with Gasteiger partial charge in [-0.1, -0.05) is 78.9 Å². The highest BCUT2D eigenvalue weighted by molar-refractivity contribution is 5.96. The van der Waals surface area contributed by atoms with Crippen molar-refractivity contribution in [3.05, 3.63) is 90.5 Å². The van der Waals surface area contributed by atoms with Gasteiger partial charge in [-0.25, -0.2) is 0 Å². The molecule has 0 saturated heterocycles. The van der Waals surface area contributed by atoms with E-state index in [1.54, 1.807) is 6.07 Å². The molecule has 3 rings (SSSR count). The average Bonchev–Trinajstić information content (AvgIpc) is 2.78. The van der Waals surface area contributed by atoms with Crippen molar-refractivity contribution in [3.63, 3.8) is 0 Å². The molecule has 0 saturated carbocycles. The number of benzene rings is 3. The number of hydrogen-bond donors (Lipinski definition) is 2. The molecule has 31 heavy (non-hydrogen) atoms. The van der Waals surface area contributed by atoms with E-state index in [0.717, 1.165) is 16.7 Å². The second kappa shape index (κ2) is 10.7. The number of rotatable bonds is 8. The maximum atomic E-state index is 12.4. The van der Waals surface area contributed by atoms with E-state index in [1.807, 2.05) is 78.9 Å². The number of esters is 1. The van der Waals surface area contributed by atoms with E-state index in [9.17, 15) is 14.4 Å². The molecule has 0 fully saturated rings. The molecule has 0 heterocycles. The summed E-state index contributed by atoms with van der Waals surface area (Å²) in [5.41, 5.74) is 3.26. The molecule has 0 radical (unpaired) electrons. The predicted octanol–water partition coefficient (Wildman–Crippen LogP) is 4.10. The molecule has 0 bridgehead atoms. The molecule has 0 aliphatic carbocycles. The van der Waals surface area contributed by atoms with Crippen LogP contribution in [0.5, 0.6) is 0 Å². The van der Waals surface area contributed by atoms with Gasteiger partial charge in [0.1, 0.15) is 0 Å². The maximum absolute atomic E-state index is 12.4. The zero-order valence-corrected chi connectivity index (χ0v) is 17.2. The lowest BCUT2D eigenvalue weighted by molar-refractivity contribution is -0.148. The third-order valence-corrected chi connectivity index (χ3v) is 4.60. The van der Waals surface area contributed by atoms with Crippen LogP contribution in [0.2, 0.25) is 0 Å². The minimum absolute atomic E-state index is 0.0719. The Morgan fingerprint density at radius 3 is 2.13 bits per heavy atom. The lowest BCUT2D eigenvalue weighted by Crippen LogP contribution is -2.29. The summed E-state index contributed by atoms with van der Waals surface area (Å²) in [4.78, 5) is 36.2. The van der Waals surface area contributed by atoms with Crippen molar-refractivity contribution in [1.29, 1.82) is 0 Å². The Morgan fingerprint density at radius 2 is 1.45 bits per heavy atom. The highest BCUT2D eigenvalue weighted by Crippen LogP contribution is 2.27. The van der Waals surface area contributed by atoms with Gasteiger partial charge in [0.2, 0.25) is 5.91 Å². The van der Waals surface area contributed by atoms with E-state index in [0.29, 0.717) is 5.69 Å². The molecule has 6 nitrogen and oxygen atoms in total. The van der Waals surface area contributed by atoms with E-state index in [4.69, 9.17) is 4.74 Å². The minimum atomic E-state index is -0.575. The first-order chi connectivity index (χ1) is 15.0. The van der Waals surface area contributed by atoms with Crippen molar-refractivity contribution < 1.29 is 19.1 Å². The first kappa shape index (κ1) is 21.8. The number of ether oxygens (including phenoxy) is 1. The van der Waals surface area contributed by atoms with Gasteiger partial charge >= 0.3 is 5.97 Å². The van der Waals surface area contributed by atoms with Crippen LogP contribution in [-0.2, 0) is 19.1 Å². The van der Waals surface area contributed by atoms with Gasteiger partial charge in [0.25, 0.3) is 5.91 Å². The normalized spacial score (nSPS) is 11.3. The Hall–Kier alpha value is -3.93. The molecule has 0 aromatic heterocycles. The number of nitrogens with one attached hydrogen (secondary N) is 2. The Labute approximate surface area is 181 Å². The molecule has 1 unspecified atom stereocenters. The number of carbonyl (C=O) groups excluding carboxylic acids is 3. The monoisotopic (exact) mass is 416 g/mol. The summed E-state index contributed by atoms with van der Waals surface area (Å²) in [5, 5.41) is 5.54. The van der Waals surface area contributed by atoms with Crippen LogP contribution >= 0.6 is 0 Å². The predicted molar refractivity (Wildman–Crippen MR) is 119 cm³/mol. The lowest BCUT2D eigenvalue weighted by atomic mass is 10.0. The smallest absolute Gasteiger partial charge is 0.308 e. The standard InChI is InChI=1S/C25H24N2O4/c1-18(28)26-23(20-12-6-3-7-13-20)16-25(30)31-17-24(29)27-22-15-9-8-14-21(22)19-10-4-2-5-11-19/h2-15,23H,16-17H2,1H3,(H,26,28)(H,27,29). The summed E-state index contributed by atoms with van der Waals surface area (Å²) in [6.45, 7) is 0.975. The molecule has 0 aliphatic heterocycles. The number of anilines is 1. The largest absolute Gasteiger partial charge is 0.455 e. The fourth-order valence-corrected chi connectivity index (χ4v) is 3.20. The second-order valence-corrected chi connectivity index (χ2v) is 6.99. The van der Waals surface area contributed by atoms with Gasteiger partial charge in [-0.2, -0.15) is 0 Å². The van der Waals surface area contributed by atoms with Crippen molar-refractivity contribution in [2.24, 2.45) is 0 Å². The van der Waals surface area contributed by atoms with Crippen molar-refractivity contribution >= 4 is 23.5 Å². The average molecular weight is 416 g/mol. The Bertz CT molecular complexity index is 1040. The van der Waals surface area contributed by atoms with Crippen LogP contribution in [0.1, 0.15) is 24.9 Å². The quantitative estimate of drug-likeness (QED) is 0.542. The Morgan fingerprint density at radius 1 is 0.839 bits per heavy atom. The molecule has 0 spiro atoms. The third-order valence-electron chi connectivity index (χ3n) is 4.60. The van der Waals surface area contributed by atoms with Crippen LogP contribution in [-0.4, -0.2) is 24.4 Å².